The molecule has 0 aliphatic heterocycles. The van der Waals surface area contributed by atoms with Crippen molar-refractivity contribution in [2.75, 3.05) is 68.0 Å². The standard InChI is InChI=1S/C4H7ClO2.C4H7N3O2.C4H7NO2.C3H8O2.C3H6.I3/c1-7-3-2-4(5)6;1-9-3-2-4(8)6-7-5;1-7-3-2-5-4-6;1-5-3-2-4;1-2-3-1;1-3-2/h2-3H2,1H3;2-3H2,1H3;2-3H2,1H3;4H,2-3H2,1H3;1-3H2;/q;;;;;-1. The van der Waals surface area contributed by atoms with Gasteiger partial charge in [0, 0.05) is 46.2 Å². The summed E-state index contributed by atoms with van der Waals surface area (Å²) in [7, 11) is 6.11. The van der Waals surface area contributed by atoms with Crippen LogP contribution < -0.4 is 13.3 Å². The second kappa shape index (κ2) is 50.2. The first-order chi connectivity index (χ1) is 16.3. The molecule has 1 aliphatic carbocycles. The van der Waals surface area contributed by atoms with Crippen LogP contribution in [-0.2, 0) is 33.3 Å². The number of hydrogen-bond donors (Lipinski definition) is 1. The SMILES string of the molecule is C1CC1.COCCC(=O)Cl.COCCC(=O)N=[N+]=[N-].COCCN=C=O.COCCO.I[I-]I. The van der Waals surface area contributed by atoms with Crippen LogP contribution in [-0.4, -0.2) is 90.4 Å². The average molecular weight is 852 g/mol. The summed E-state index contributed by atoms with van der Waals surface area (Å²) in [6.07, 6.45) is 6.35. The van der Waals surface area contributed by atoms with E-state index in [-0.39, 0.29) is 18.3 Å². The fraction of sp³-hybridized carbons (Fsp3) is 0.833. The number of azide groups is 1. The van der Waals surface area contributed by atoms with E-state index in [9.17, 15) is 14.4 Å². The van der Waals surface area contributed by atoms with E-state index in [1.165, 1.54) is 39.6 Å². The first-order valence-electron chi connectivity index (χ1n) is 9.56. The van der Waals surface area contributed by atoms with Crippen LogP contribution in [0.4, 0.5) is 0 Å². The van der Waals surface area contributed by atoms with Crippen molar-refractivity contribution >= 4 is 66.1 Å². The third kappa shape index (κ3) is 94.5. The Balaban J connectivity index is -0.000000103. The van der Waals surface area contributed by atoms with Gasteiger partial charge in [0.05, 0.1) is 39.6 Å². The van der Waals surface area contributed by atoms with Crippen LogP contribution in [0, 0.1) is 0 Å². The van der Waals surface area contributed by atoms with E-state index in [1.54, 1.807) is 14.2 Å². The number of carbonyl (C=O) groups is 2. The van der Waals surface area contributed by atoms with Gasteiger partial charge in [0.2, 0.25) is 17.2 Å². The summed E-state index contributed by atoms with van der Waals surface area (Å²) in [5.41, 5.74) is 7.73. The maximum atomic E-state index is 10.3. The molecule has 1 saturated carbocycles. The molecule has 1 aliphatic rings. The Morgan fingerprint density at radius 2 is 1.44 bits per heavy atom. The van der Waals surface area contributed by atoms with Crippen molar-refractivity contribution < 1.29 is 51.7 Å². The number of halogens is 4. The molecule has 0 saturated heterocycles. The van der Waals surface area contributed by atoms with Crippen LogP contribution in [0.5, 0.6) is 0 Å². The predicted octanol–water partition coefficient (Wildman–Crippen LogP) is 1.19. The number of aliphatic hydroxyl groups is 1. The zero-order chi connectivity index (χ0) is 27.3. The molecule has 204 valence electrons. The maximum absolute atomic E-state index is 10.3. The average Bonchev–Trinajstić information content (AvgIpc) is 3.69. The predicted molar refractivity (Wildman–Crippen MR) is 144 cm³/mol. The summed E-state index contributed by atoms with van der Waals surface area (Å²) in [5, 5.41) is 10.4. The fourth-order valence-electron chi connectivity index (χ4n) is 0.745. The third-order valence-electron chi connectivity index (χ3n) is 2.30. The van der Waals surface area contributed by atoms with Crippen LogP contribution in [0.3, 0.4) is 0 Å². The number of nitrogens with zero attached hydrogens (tertiary/aromatic N) is 4. The van der Waals surface area contributed by atoms with Crippen LogP contribution >= 0.6 is 48.8 Å². The summed E-state index contributed by atoms with van der Waals surface area (Å²) in [6, 6.07) is 0. The van der Waals surface area contributed by atoms with Crippen LogP contribution in [0.1, 0.15) is 32.1 Å². The fourth-order valence-corrected chi connectivity index (χ4v) is 0.823. The number of rotatable bonds is 11. The molecule has 12 nitrogen and oxygen atoms in total. The molecule has 0 aromatic rings. The van der Waals surface area contributed by atoms with E-state index in [2.05, 4.69) is 71.2 Å². The van der Waals surface area contributed by atoms with Crippen molar-refractivity contribution in [3.05, 3.63) is 10.4 Å². The van der Waals surface area contributed by atoms with Gasteiger partial charge in [0.15, 0.2) is 0 Å². The topological polar surface area (TPSA) is 169 Å². The number of ether oxygens (including phenoxy) is 4. The molecule has 1 amide bonds. The molecule has 1 rings (SSSR count). The van der Waals surface area contributed by atoms with Gasteiger partial charge in [-0.3, -0.25) is 9.59 Å². The molecule has 0 heterocycles. The van der Waals surface area contributed by atoms with Crippen molar-refractivity contribution in [2.24, 2.45) is 10.1 Å². The summed E-state index contributed by atoms with van der Waals surface area (Å²) in [5.74, 6) is -0.487. The molecule has 0 aromatic carbocycles. The Labute approximate surface area is 236 Å². The van der Waals surface area contributed by atoms with Gasteiger partial charge in [0.1, 0.15) is 0 Å². The Morgan fingerprint density at radius 3 is 1.68 bits per heavy atom. The Kier molecular flexibility index (Phi) is 65.5. The Morgan fingerprint density at radius 1 is 1.00 bits per heavy atom. The van der Waals surface area contributed by atoms with Crippen molar-refractivity contribution in [2.45, 2.75) is 32.1 Å². The third-order valence-corrected chi connectivity index (χ3v) is 2.49. The zero-order valence-corrected chi connectivity index (χ0v) is 27.1. The number of isocyanates is 1. The molecule has 0 aromatic heterocycles. The van der Waals surface area contributed by atoms with Crippen molar-refractivity contribution in [1.82, 2.24) is 0 Å². The molecular weight excluding hydrogens is 816 g/mol. The Hall–Kier alpha value is 0.310. The second-order valence-corrected chi connectivity index (χ2v) is 21.9. The van der Waals surface area contributed by atoms with E-state index in [4.69, 9.17) is 22.2 Å². The molecule has 0 bridgehead atoms. The number of amides is 1. The van der Waals surface area contributed by atoms with Gasteiger partial charge < -0.3 is 24.1 Å². The summed E-state index contributed by atoms with van der Waals surface area (Å²) >= 11 is 10.2. The first kappa shape index (κ1) is 44.3. The summed E-state index contributed by atoms with van der Waals surface area (Å²) in [6.45, 7) is 2.20. The van der Waals surface area contributed by atoms with Crippen molar-refractivity contribution in [3.8, 4) is 0 Å². The van der Waals surface area contributed by atoms with Gasteiger partial charge in [-0.1, -0.05) is 19.3 Å². The molecular formula is C18H35ClI3N4O8-. The molecule has 1 fully saturated rings. The van der Waals surface area contributed by atoms with Gasteiger partial charge in [-0.15, -0.1) is 0 Å². The molecule has 0 spiro atoms. The molecule has 34 heavy (non-hydrogen) atoms. The van der Waals surface area contributed by atoms with Gasteiger partial charge in [-0.2, -0.15) is 0 Å². The second-order valence-electron chi connectivity index (χ2n) is 5.22. The van der Waals surface area contributed by atoms with Crippen molar-refractivity contribution in [3.63, 3.8) is 0 Å². The van der Waals surface area contributed by atoms with E-state index in [0.29, 0.717) is 52.6 Å². The minimum absolute atomic E-state index is 0.122. The van der Waals surface area contributed by atoms with Gasteiger partial charge in [0.25, 0.3) is 0 Å². The molecule has 16 heteroatoms. The number of hydrogen-bond acceptors (Lipinski definition) is 9. The van der Waals surface area contributed by atoms with Gasteiger partial charge in [-0.25, -0.2) is 9.79 Å². The normalized spacial score (nSPS) is 9.53. The number of aliphatic imine (C=N–C) groups is 1. The molecule has 0 unspecified atom stereocenters. The van der Waals surface area contributed by atoms with E-state index in [1.807, 2.05) is 0 Å². The molecule has 0 atom stereocenters. The van der Waals surface area contributed by atoms with Crippen LogP contribution in [0.2, 0.25) is 0 Å². The summed E-state index contributed by atoms with van der Waals surface area (Å²) < 4.78 is 18.1. The zero-order valence-electron chi connectivity index (χ0n) is 19.9. The van der Waals surface area contributed by atoms with E-state index >= 15 is 0 Å². The Bertz CT molecular complexity index is 501. The van der Waals surface area contributed by atoms with Gasteiger partial charge in [-0.05, 0) is 22.2 Å². The molecule has 1 N–H and O–H groups in total. The van der Waals surface area contributed by atoms with Crippen molar-refractivity contribution in [1.29, 1.82) is 0 Å². The first-order valence-corrected chi connectivity index (χ1v) is 22.5. The van der Waals surface area contributed by atoms with E-state index in [0.717, 1.165) is 0 Å². The monoisotopic (exact) mass is 851 g/mol. The quantitative estimate of drug-likeness (QED) is 0.0473. The van der Waals surface area contributed by atoms with Crippen LogP contribution in [0.15, 0.2) is 10.1 Å². The number of aliphatic hydroxyl groups excluding tert-OH is 1. The summed E-state index contributed by atoms with van der Waals surface area (Å²) in [4.78, 5) is 35.1. The van der Waals surface area contributed by atoms with E-state index < -0.39 is 5.91 Å². The number of methoxy groups -OCH3 is 4. The number of carbonyl (C=O) groups excluding carboxylic acids is 3. The molecule has 0 radical (unpaired) electrons. The minimum atomic E-state index is -0.487. The van der Waals surface area contributed by atoms with Crippen LogP contribution in [0.25, 0.3) is 10.4 Å². The van der Waals surface area contributed by atoms with Gasteiger partial charge >= 0.3 is 50.5 Å².